The Labute approximate surface area is 159 Å². The number of halogens is 1. The summed E-state index contributed by atoms with van der Waals surface area (Å²) in [7, 11) is 0. The Morgan fingerprint density at radius 2 is 1.88 bits per heavy atom. The average Bonchev–Trinajstić information content (AvgIpc) is 2.89. The first-order valence-corrected chi connectivity index (χ1v) is 8.82. The SMILES string of the molecule is N#CCOc1ccc(/C=C2/SC(=S)N(c3ccc(Cl)cc3)C2=O)cc1. The molecule has 1 aliphatic heterocycles. The van der Waals surface area contributed by atoms with Crippen LogP contribution in [-0.2, 0) is 4.79 Å². The van der Waals surface area contributed by atoms with Gasteiger partial charge in [0.25, 0.3) is 5.91 Å². The fourth-order valence-corrected chi connectivity index (χ4v) is 3.63. The Bertz CT molecular complexity index is 887. The topological polar surface area (TPSA) is 53.3 Å². The van der Waals surface area contributed by atoms with E-state index in [1.807, 2.05) is 18.2 Å². The molecule has 124 valence electrons. The number of hydrogen-bond acceptors (Lipinski definition) is 5. The third-order valence-corrected chi connectivity index (χ3v) is 4.91. The number of amides is 1. The standard InChI is InChI=1S/C18H11ClN2O2S2/c19-13-3-5-14(6-4-13)21-17(22)16(25-18(21)24)11-12-1-7-15(8-2-12)23-10-9-20/h1-8,11H,10H2/b16-11+. The van der Waals surface area contributed by atoms with Crippen LogP contribution >= 0.6 is 35.6 Å². The van der Waals surface area contributed by atoms with Crippen LogP contribution in [0.15, 0.2) is 53.4 Å². The average molecular weight is 387 g/mol. The van der Waals surface area contributed by atoms with Gasteiger partial charge in [-0.2, -0.15) is 5.26 Å². The van der Waals surface area contributed by atoms with Crippen molar-refractivity contribution in [1.82, 2.24) is 0 Å². The van der Waals surface area contributed by atoms with Gasteiger partial charge in [0.15, 0.2) is 10.9 Å². The first kappa shape index (κ1) is 17.5. The first-order chi connectivity index (χ1) is 12.1. The summed E-state index contributed by atoms with van der Waals surface area (Å²) in [5, 5.41) is 9.11. The van der Waals surface area contributed by atoms with Crippen molar-refractivity contribution in [3.8, 4) is 11.8 Å². The molecular weight excluding hydrogens is 376 g/mol. The van der Waals surface area contributed by atoms with Crippen molar-refractivity contribution < 1.29 is 9.53 Å². The number of carbonyl (C=O) groups is 1. The number of carbonyl (C=O) groups excluding carboxylic acids is 1. The largest absolute Gasteiger partial charge is 0.479 e. The summed E-state index contributed by atoms with van der Waals surface area (Å²) in [6.45, 7) is -0.000897. The van der Waals surface area contributed by atoms with Crippen LogP contribution in [0.1, 0.15) is 5.56 Å². The lowest BCUT2D eigenvalue weighted by atomic mass is 10.2. The Morgan fingerprint density at radius 1 is 1.20 bits per heavy atom. The summed E-state index contributed by atoms with van der Waals surface area (Å²) in [6.07, 6.45) is 1.78. The van der Waals surface area contributed by atoms with Crippen LogP contribution in [0.4, 0.5) is 5.69 Å². The lowest BCUT2D eigenvalue weighted by molar-refractivity contribution is -0.113. The van der Waals surface area contributed by atoms with Crippen LogP contribution in [0.3, 0.4) is 0 Å². The molecule has 0 bridgehead atoms. The monoisotopic (exact) mass is 386 g/mol. The van der Waals surface area contributed by atoms with Gasteiger partial charge in [0.05, 0.1) is 10.6 Å². The summed E-state index contributed by atoms with van der Waals surface area (Å²) < 4.78 is 5.69. The number of rotatable bonds is 4. The zero-order valence-electron chi connectivity index (χ0n) is 12.8. The van der Waals surface area contributed by atoms with E-state index in [9.17, 15) is 4.79 Å². The minimum Gasteiger partial charge on any atom is -0.479 e. The van der Waals surface area contributed by atoms with E-state index < -0.39 is 0 Å². The molecule has 1 heterocycles. The van der Waals surface area contributed by atoms with Crippen LogP contribution in [0.25, 0.3) is 6.08 Å². The van der Waals surface area contributed by atoms with Gasteiger partial charge in [-0.1, -0.05) is 47.7 Å². The lowest BCUT2D eigenvalue weighted by Crippen LogP contribution is -2.27. The zero-order chi connectivity index (χ0) is 17.8. The maximum Gasteiger partial charge on any atom is 0.270 e. The molecule has 1 amide bonds. The Kier molecular flexibility index (Phi) is 5.39. The van der Waals surface area contributed by atoms with E-state index >= 15 is 0 Å². The maximum absolute atomic E-state index is 12.7. The van der Waals surface area contributed by atoms with Gasteiger partial charge < -0.3 is 4.74 Å². The molecule has 0 aliphatic carbocycles. The molecular formula is C18H11ClN2O2S2. The molecule has 3 rings (SSSR count). The van der Waals surface area contributed by atoms with Crippen LogP contribution in [0.2, 0.25) is 5.02 Å². The van der Waals surface area contributed by atoms with Crippen LogP contribution < -0.4 is 9.64 Å². The Balaban J connectivity index is 1.80. The van der Waals surface area contributed by atoms with Crippen molar-refractivity contribution in [1.29, 1.82) is 5.26 Å². The van der Waals surface area contributed by atoms with Crippen molar-refractivity contribution in [2.75, 3.05) is 11.5 Å². The third kappa shape index (κ3) is 4.02. The molecule has 25 heavy (non-hydrogen) atoms. The summed E-state index contributed by atoms with van der Waals surface area (Å²) in [5.41, 5.74) is 1.54. The van der Waals surface area contributed by atoms with E-state index in [-0.39, 0.29) is 12.5 Å². The molecule has 0 N–H and O–H groups in total. The molecule has 1 saturated heterocycles. The Morgan fingerprint density at radius 3 is 2.52 bits per heavy atom. The number of nitrogens with zero attached hydrogens (tertiary/aromatic N) is 2. The molecule has 0 spiro atoms. The third-order valence-electron chi connectivity index (χ3n) is 3.36. The number of benzene rings is 2. The van der Waals surface area contributed by atoms with E-state index in [0.717, 1.165) is 5.56 Å². The molecule has 2 aromatic carbocycles. The van der Waals surface area contributed by atoms with Crippen molar-refractivity contribution in [2.45, 2.75) is 0 Å². The predicted molar refractivity (Wildman–Crippen MR) is 105 cm³/mol. The lowest BCUT2D eigenvalue weighted by Gasteiger charge is -2.14. The van der Waals surface area contributed by atoms with Crippen molar-refractivity contribution in [3.05, 3.63) is 64.0 Å². The fourth-order valence-electron chi connectivity index (χ4n) is 2.21. The molecule has 1 aliphatic rings. The van der Waals surface area contributed by atoms with Gasteiger partial charge in [-0.15, -0.1) is 0 Å². The molecule has 0 saturated carbocycles. The maximum atomic E-state index is 12.7. The first-order valence-electron chi connectivity index (χ1n) is 7.22. The molecule has 0 radical (unpaired) electrons. The predicted octanol–water partition coefficient (Wildman–Crippen LogP) is 4.65. The number of ether oxygens (including phenoxy) is 1. The zero-order valence-corrected chi connectivity index (χ0v) is 15.2. The highest BCUT2D eigenvalue weighted by molar-refractivity contribution is 8.27. The van der Waals surface area contributed by atoms with Crippen LogP contribution in [0.5, 0.6) is 5.75 Å². The van der Waals surface area contributed by atoms with Gasteiger partial charge in [0.2, 0.25) is 0 Å². The van der Waals surface area contributed by atoms with Gasteiger partial charge in [-0.05, 0) is 48.0 Å². The minimum atomic E-state index is -0.165. The van der Waals surface area contributed by atoms with E-state index in [1.54, 1.807) is 42.5 Å². The highest BCUT2D eigenvalue weighted by atomic mass is 35.5. The van der Waals surface area contributed by atoms with Crippen molar-refractivity contribution >= 4 is 57.6 Å². The van der Waals surface area contributed by atoms with Crippen LogP contribution in [-0.4, -0.2) is 16.8 Å². The van der Waals surface area contributed by atoms with E-state index in [1.165, 1.54) is 16.7 Å². The number of thioether (sulfide) groups is 1. The van der Waals surface area contributed by atoms with E-state index in [2.05, 4.69) is 0 Å². The number of nitriles is 1. The molecule has 4 nitrogen and oxygen atoms in total. The molecule has 1 fully saturated rings. The van der Waals surface area contributed by atoms with Crippen molar-refractivity contribution in [2.24, 2.45) is 0 Å². The van der Waals surface area contributed by atoms with Crippen molar-refractivity contribution in [3.63, 3.8) is 0 Å². The second-order valence-corrected chi connectivity index (χ2v) is 7.12. The molecule has 7 heteroatoms. The fraction of sp³-hybridized carbons (Fsp3) is 0.0556. The Hall–Kier alpha value is -2.33. The molecule has 0 unspecified atom stereocenters. The van der Waals surface area contributed by atoms with E-state index in [0.29, 0.717) is 25.7 Å². The highest BCUT2D eigenvalue weighted by Crippen LogP contribution is 2.36. The molecule has 0 atom stereocenters. The highest BCUT2D eigenvalue weighted by Gasteiger charge is 2.33. The van der Waals surface area contributed by atoms with E-state index in [4.69, 9.17) is 33.8 Å². The van der Waals surface area contributed by atoms with Gasteiger partial charge >= 0.3 is 0 Å². The van der Waals surface area contributed by atoms with Gasteiger partial charge in [-0.3, -0.25) is 9.69 Å². The molecule has 0 aromatic heterocycles. The minimum absolute atomic E-state index is 0.000897. The van der Waals surface area contributed by atoms with Gasteiger partial charge in [0.1, 0.15) is 11.8 Å². The summed E-state index contributed by atoms with van der Waals surface area (Å²) in [4.78, 5) is 14.7. The summed E-state index contributed by atoms with van der Waals surface area (Å²) in [6, 6.07) is 16.0. The molecule has 2 aromatic rings. The normalized spacial score (nSPS) is 15.5. The quantitative estimate of drug-likeness (QED) is 0.565. The number of hydrogen-bond donors (Lipinski definition) is 0. The summed E-state index contributed by atoms with van der Waals surface area (Å²) in [5.74, 6) is 0.439. The van der Waals surface area contributed by atoms with Gasteiger partial charge in [-0.25, -0.2) is 0 Å². The van der Waals surface area contributed by atoms with Crippen LogP contribution in [0, 0.1) is 11.3 Å². The number of thiocarbonyl (C=S) groups is 1. The number of anilines is 1. The second-order valence-electron chi connectivity index (χ2n) is 5.01. The summed E-state index contributed by atoms with van der Waals surface area (Å²) >= 11 is 12.5. The second kappa shape index (κ2) is 7.70. The van der Waals surface area contributed by atoms with Gasteiger partial charge in [0, 0.05) is 5.02 Å². The smallest absolute Gasteiger partial charge is 0.270 e.